The summed E-state index contributed by atoms with van der Waals surface area (Å²) in [7, 11) is 1.63. The minimum absolute atomic E-state index is 0.196. The molecule has 1 aromatic carbocycles. The number of benzene rings is 1. The van der Waals surface area contributed by atoms with Gasteiger partial charge in [0.2, 0.25) is 0 Å². The Kier molecular flexibility index (Phi) is 8.63. The highest BCUT2D eigenvalue weighted by molar-refractivity contribution is 7.07. The van der Waals surface area contributed by atoms with Crippen LogP contribution < -0.4 is 30.7 Å². The van der Waals surface area contributed by atoms with Crippen molar-refractivity contribution in [3.8, 4) is 12.1 Å². The molecule has 0 saturated heterocycles. The maximum Gasteiger partial charge on any atom is 0.270 e. The highest BCUT2D eigenvalue weighted by atomic mass is 32.1. The average Bonchev–Trinajstić information content (AvgIpc) is 3.06. The van der Waals surface area contributed by atoms with Crippen LogP contribution in [0.4, 0.5) is 11.4 Å². The van der Waals surface area contributed by atoms with Gasteiger partial charge in [-0.3, -0.25) is 14.2 Å². The van der Waals surface area contributed by atoms with E-state index in [9.17, 15) is 14.9 Å². The van der Waals surface area contributed by atoms with Gasteiger partial charge in [-0.1, -0.05) is 6.07 Å². The summed E-state index contributed by atoms with van der Waals surface area (Å²) in [5.41, 5.74) is 1.17. The Morgan fingerprint density at radius 2 is 2.10 bits per heavy atom. The van der Waals surface area contributed by atoms with Crippen LogP contribution in [-0.4, -0.2) is 37.3 Å². The van der Waals surface area contributed by atoms with Crippen LogP contribution in [-0.2, 0) is 16.1 Å². The Labute approximate surface area is 177 Å². The van der Waals surface area contributed by atoms with Crippen molar-refractivity contribution < 1.29 is 9.53 Å². The van der Waals surface area contributed by atoms with E-state index in [2.05, 4.69) is 16.0 Å². The Hall–Kier alpha value is -3.60. The van der Waals surface area contributed by atoms with Gasteiger partial charge in [0, 0.05) is 37.8 Å². The number of ether oxygens (including phenoxy) is 1. The number of carbonyl (C=O) groups excluding carboxylic acids is 1. The van der Waals surface area contributed by atoms with Crippen molar-refractivity contribution in [3.05, 3.63) is 43.8 Å². The SMILES string of the molecule is CCn1c(=C(C#N)C(=O)NCC#N)sc(=CNc2cccc(NCCOC)c2)c1=O. The van der Waals surface area contributed by atoms with Crippen molar-refractivity contribution in [2.45, 2.75) is 13.5 Å². The number of hydrogen-bond acceptors (Lipinski definition) is 8. The Morgan fingerprint density at radius 3 is 2.77 bits per heavy atom. The molecule has 1 amide bonds. The van der Waals surface area contributed by atoms with Crippen molar-refractivity contribution in [2.24, 2.45) is 0 Å². The van der Waals surface area contributed by atoms with Gasteiger partial charge in [-0.05, 0) is 25.1 Å². The molecule has 30 heavy (non-hydrogen) atoms. The van der Waals surface area contributed by atoms with Crippen molar-refractivity contribution in [1.82, 2.24) is 9.88 Å². The zero-order valence-electron chi connectivity index (χ0n) is 16.7. The molecule has 10 heteroatoms. The van der Waals surface area contributed by atoms with Crippen LogP contribution in [0.25, 0.3) is 11.8 Å². The lowest BCUT2D eigenvalue weighted by Gasteiger charge is -2.07. The summed E-state index contributed by atoms with van der Waals surface area (Å²) in [6, 6.07) is 11.2. The number of anilines is 2. The van der Waals surface area contributed by atoms with Gasteiger partial charge in [0.15, 0.2) is 5.57 Å². The third kappa shape index (κ3) is 5.70. The normalized spacial score (nSPS) is 11.9. The molecule has 2 aromatic rings. The van der Waals surface area contributed by atoms with E-state index < -0.39 is 5.91 Å². The number of thiazole rings is 1. The van der Waals surface area contributed by atoms with Gasteiger partial charge >= 0.3 is 0 Å². The fourth-order valence-electron chi connectivity index (χ4n) is 2.56. The van der Waals surface area contributed by atoms with E-state index >= 15 is 0 Å². The molecular weight excluding hydrogens is 404 g/mol. The first kappa shape index (κ1) is 22.7. The zero-order chi connectivity index (χ0) is 21.9. The number of aromatic nitrogens is 1. The number of nitriles is 2. The maximum absolute atomic E-state index is 12.7. The van der Waals surface area contributed by atoms with Crippen molar-refractivity contribution >= 4 is 40.4 Å². The Morgan fingerprint density at radius 1 is 1.33 bits per heavy atom. The van der Waals surface area contributed by atoms with Crippen molar-refractivity contribution in [1.29, 1.82) is 10.5 Å². The minimum Gasteiger partial charge on any atom is -0.383 e. The van der Waals surface area contributed by atoms with E-state index in [4.69, 9.17) is 10.00 Å². The van der Waals surface area contributed by atoms with Gasteiger partial charge in [0.1, 0.15) is 21.8 Å². The average molecular weight is 427 g/mol. The Balaban J connectivity index is 2.39. The highest BCUT2D eigenvalue weighted by Gasteiger charge is 2.14. The van der Waals surface area contributed by atoms with Gasteiger partial charge in [-0.2, -0.15) is 10.5 Å². The largest absolute Gasteiger partial charge is 0.383 e. The monoisotopic (exact) mass is 426 g/mol. The molecular formula is C20H22N6O3S. The number of amides is 1. The van der Waals surface area contributed by atoms with Crippen LogP contribution in [0.1, 0.15) is 6.92 Å². The summed E-state index contributed by atoms with van der Waals surface area (Å²) >= 11 is 1.04. The van der Waals surface area contributed by atoms with E-state index in [1.54, 1.807) is 26.3 Å². The predicted octanol–water partition coefficient (Wildman–Crippen LogP) is 0.152. The topological polar surface area (TPSA) is 132 Å². The van der Waals surface area contributed by atoms with Crippen LogP contribution in [0.15, 0.2) is 29.1 Å². The molecule has 0 aliphatic rings. The molecule has 0 spiro atoms. The molecule has 0 unspecified atom stereocenters. The second kappa shape index (κ2) is 11.4. The number of methoxy groups -OCH3 is 1. The molecule has 0 atom stereocenters. The summed E-state index contributed by atoms with van der Waals surface area (Å²) < 4.78 is 6.99. The van der Waals surface area contributed by atoms with Gasteiger partial charge < -0.3 is 20.7 Å². The second-order valence-electron chi connectivity index (χ2n) is 5.94. The lowest BCUT2D eigenvalue weighted by atomic mass is 10.3. The van der Waals surface area contributed by atoms with Gasteiger partial charge in [-0.15, -0.1) is 11.3 Å². The van der Waals surface area contributed by atoms with Crippen LogP contribution in [0.3, 0.4) is 0 Å². The van der Waals surface area contributed by atoms with Crippen molar-refractivity contribution in [2.75, 3.05) is 37.4 Å². The third-order valence-electron chi connectivity index (χ3n) is 3.97. The van der Waals surface area contributed by atoms with E-state index in [1.165, 1.54) is 4.57 Å². The van der Waals surface area contributed by atoms with E-state index in [1.807, 2.05) is 30.3 Å². The van der Waals surface area contributed by atoms with Crippen LogP contribution in [0.2, 0.25) is 0 Å². The van der Waals surface area contributed by atoms with Crippen LogP contribution >= 0.6 is 11.3 Å². The molecule has 156 valence electrons. The summed E-state index contributed by atoms with van der Waals surface area (Å²) in [5, 5.41) is 26.7. The maximum atomic E-state index is 12.7. The minimum atomic E-state index is -0.683. The molecule has 0 saturated carbocycles. The number of rotatable bonds is 9. The van der Waals surface area contributed by atoms with E-state index in [-0.39, 0.29) is 22.3 Å². The zero-order valence-corrected chi connectivity index (χ0v) is 17.5. The number of hydrogen-bond donors (Lipinski definition) is 3. The molecule has 1 heterocycles. The van der Waals surface area contributed by atoms with E-state index in [0.29, 0.717) is 24.2 Å². The first-order valence-corrected chi connectivity index (χ1v) is 9.96. The van der Waals surface area contributed by atoms with Crippen LogP contribution in [0, 0.1) is 22.7 Å². The predicted molar refractivity (Wildman–Crippen MR) is 116 cm³/mol. The summed E-state index contributed by atoms with van der Waals surface area (Å²) in [6.45, 7) is 3.08. The number of carbonyl (C=O) groups is 1. The molecule has 0 bridgehead atoms. The van der Waals surface area contributed by atoms with Gasteiger partial charge in [-0.25, -0.2) is 0 Å². The summed E-state index contributed by atoms with van der Waals surface area (Å²) in [4.78, 5) is 24.9. The fraction of sp³-hybridized carbons (Fsp3) is 0.300. The van der Waals surface area contributed by atoms with Gasteiger partial charge in [0.25, 0.3) is 11.5 Å². The Bertz CT molecular complexity index is 1150. The molecule has 2 rings (SSSR count). The molecule has 0 aliphatic heterocycles. The quantitative estimate of drug-likeness (QED) is 0.384. The molecule has 9 nitrogen and oxygen atoms in total. The molecule has 0 aliphatic carbocycles. The van der Waals surface area contributed by atoms with Crippen LogP contribution in [0.5, 0.6) is 0 Å². The van der Waals surface area contributed by atoms with Crippen molar-refractivity contribution in [3.63, 3.8) is 0 Å². The summed E-state index contributed by atoms with van der Waals surface area (Å²) in [6.07, 6.45) is 1.55. The number of nitrogens with one attached hydrogen (secondary N) is 3. The lowest BCUT2D eigenvalue weighted by molar-refractivity contribution is -0.115. The third-order valence-corrected chi connectivity index (χ3v) is 5.10. The lowest BCUT2D eigenvalue weighted by Crippen LogP contribution is -2.34. The van der Waals surface area contributed by atoms with Gasteiger partial charge in [0.05, 0.1) is 12.7 Å². The highest BCUT2D eigenvalue weighted by Crippen LogP contribution is 2.14. The van der Waals surface area contributed by atoms with E-state index in [0.717, 1.165) is 22.7 Å². The molecule has 1 aromatic heterocycles. The fourth-order valence-corrected chi connectivity index (χ4v) is 3.65. The first-order valence-electron chi connectivity index (χ1n) is 9.14. The molecule has 0 fully saturated rings. The second-order valence-corrected chi connectivity index (χ2v) is 6.97. The molecule has 0 radical (unpaired) electrons. The first-order chi connectivity index (χ1) is 14.5. The standard InChI is InChI=1S/C20H22N6O3S/c1-3-26-19(28)17(30-20(26)16(12-22)18(27)24-8-7-21)13-25-15-6-4-5-14(11-15)23-9-10-29-2/h4-6,11,13,23,25H,3,8-10H2,1-2H3,(H,24,27). The number of nitrogens with zero attached hydrogens (tertiary/aromatic N) is 3. The summed E-state index contributed by atoms with van der Waals surface area (Å²) in [5.74, 6) is -0.683. The molecule has 3 N–H and O–H groups in total. The smallest absolute Gasteiger partial charge is 0.270 e.